The molecule has 0 fully saturated rings. The number of nitrogens with zero attached hydrogens (tertiary/aromatic N) is 2. The molecular weight excluding hydrogens is 256 g/mol. The molecule has 0 saturated heterocycles. The number of nitrogens with one attached hydrogen (secondary N) is 1. The molecular formula is C10H12N4O3S. The van der Waals surface area contributed by atoms with Crippen molar-refractivity contribution in [2.75, 3.05) is 7.11 Å². The van der Waals surface area contributed by atoms with Gasteiger partial charge in [-0.1, -0.05) is 0 Å². The van der Waals surface area contributed by atoms with Crippen molar-refractivity contribution >= 4 is 28.7 Å². The highest BCUT2D eigenvalue weighted by Crippen LogP contribution is 2.27. The number of methoxy groups -OCH3 is 1. The number of benzene rings is 1. The van der Waals surface area contributed by atoms with Gasteiger partial charge in [0, 0.05) is 11.6 Å². The number of nitrogens with two attached hydrogens (primary N) is 1. The third-order valence-electron chi connectivity index (χ3n) is 2.13. The highest BCUT2D eigenvalue weighted by Gasteiger charge is 2.15. The van der Waals surface area contributed by atoms with Crippen LogP contribution in [0.5, 0.6) is 5.75 Å². The Labute approximate surface area is 109 Å². The predicted octanol–water partition coefficient (Wildman–Crippen LogP) is 1.16. The predicted molar refractivity (Wildman–Crippen MR) is 71.8 cm³/mol. The van der Waals surface area contributed by atoms with Crippen molar-refractivity contribution in [3.8, 4) is 5.75 Å². The van der Waals surface area contributed by atoms with Crippen molar-refractivity contribution in [1.29, 1.82) is 0 Å². The molecule has 3 N–H and O–H groups in total. The van der Waals surface area contributed by atoms with Crippen molar-refractivity contribution < 1.29 is 9.66 Å². The van der Waals surface area contributed by atoms with Gasteiger partial charge in [-0.25, -0.2) is 0 Å². The normalized spacial score (nSPS) is 10.9. The van der Waals surface area contributed by atoms with Gasteiger partial charge in [0.15, 0.2) is 10.9 Å². The Morgan fingerprint density at radius 2 is 2.28 bits per heavy atom. The molecule has 1 rings (SSSR count). The highest BCUT2D eigenvalue weighted by atomic mass is 32.1. The Balaban J connectivity index is 3.11. The number of hydrogen-bond donors (Lipinski definition) is 2. The minimum Gasteiger partial charge on any atom is -0.490 e. The topological polar surface area (TPSA) is 103 Å². The van der Waals surface area contributed by atoms with Gasteiger partial charge in [0.2, 0.25) is 0 Å². The molecule has 7 nitrogen and oxygen atoms in total. The van der Waals surface area contributed by atoms with Gasteiger partial charge in [0.05, 0.1) is 17.7 Å². The van der Waals surface area contributed by atoms with E-state index in [1.165, 1.54) is 19.2 Å². The second-order valence-electron chi connectivity index (χ2n) is 3.32. The molecule has 0 heterocycles. The van der Waals surface area contributed by atoms with Crippen LogP contribution >= 0.6 is 12.2 Å². The molecule has 1 aromatic carbocycles. The summed E-state index contributed by atoms with van der Waals surface area (Å²) in [6, 6.07) is 4.54. The van der Waals surface area contributed by atoms with Crippen LogP contribution in [0.15, 0.2) is 23.3 Å². The average Bonchev–Trinajstić information content (AvgIpc) is 2.34. The molecule has 1 aromatic rings. The van der Waals surface area contributed by atoms with Gasteiger partial charge in [-0.3, -0.25) is 15.5 Å². The van der Waals surface area contributed by atoms with Gasteiger partial charge in [0.1, 0.15) is 0 Å². The van der Waals surface area contributed by atoms with Crippen molar-refractivity contribution in [2.45, 2.75) is 6.92 Å². The second kappa shape index (κ2) is 5.92. The molecule has 0 aliphatic carbocycles. The van der Waals surface area contributed by atoms with E-state index in [1.807, 2.05) is 0 Å². The van der Waals surface area contributed by atoms with E-state index < -0.39 is 4.92 Å². The summed E-state index contributed by atoms with van der Waals surface area (Å²) in [4.78, 5) is 10.3. The standard InChI is InChI=1S/C10H12N4O3S/c1-6(12-13-10(11)18)7-3-4-9(17-2)8(5-7)14(15)16/h3-5H,1-2H3,(H3,11,13,18). The molecule has 0 aromatic heterocycles. The maximum Gasteiger partial charge on any atom is 0.311 e. The molecule has 0 bridgehead atoms. The Morgan fingerprint density at radius 1 is 1.61 bits per heavy atom. The first-order valence-electron chi connectivity index (χ1n) is 4.88. The van der Waals surface area contributed by atoms with Crippen LogP contribution in [0.2, 0.25) is 0 Å². The number of nitro groups is 1. The van der Waals surface area contributed by atoms with E-state index in [1.54, 1.807) is 13.0 Å². The fourth-order valence-corrected chi connectivity index (χ4v) is 1.31. The fraction of sp³-hybridized carbons (Fsp3) is 0.200. The van der Waals surface area contributed by atoms with Crippen molar-refractivity contribution in [1.82, 2.24) is 5.43 Å². The zero-order chi connectivity index (χ0) is 13.7. The highest BCUT2D eigenvalue weighted by molar-refractivity contribution is 7.80. The molecule has 0 aliphatic rings. The summed E-state index contributed by atoms with van der Waals surface area (Å²) in [6.45, 7) is 1.68. The van der Waals surface area contributed by atoms with E-state index in [-0.39, 0.29) is 16.5 Å². The van der Waals surface area contributed by atoms with E-state index in [4.69, 9.17) is 10.5 Å². The van der Waals surface area contributed by atoms with Crippen LogP contribution in [-0.2, 0) is 0 Å². The number of rotatable bonds is 4. The molecule has 0 aliphatic heterocycles. The van der Waals surface area contributed by atoms with Gasteiger partial charge in [-0.05, 0) is 31.3 Å². The zero-order valence-electron chi connectivity index (χ0n) is 9.84. The van der Waals surface area contributed by atoms with Gasteiger partial charge in [-0.15, -0.1) is 0 Å². The van der Waals surface area contributed by atoms with Crippen LogP contribution in [-0.4, -0.2) is 22.9 Å². The summed E-state index contributed by atoms with van der Waals surface area (Å²) >= 11 is 4.60. The summed E-state index contributed by atoms with van der Waals surface area (Å²) < 4.78 is 4.90. The molecule has 0 amide bonds. The number of ether oxygens (including phenoxy) is 1. The summed E-state index contributed by atoms with van der Waals surface area (Å²) in [5.74, 6) is 0.193. The monoisotopic (exact) mass is 268 g/mol. The van der Waals surface area contributed by atoms with Crippen LogP contribution in [0.3, 0.4) is 0 Å². The molecule has 8 heteroatoms. The minimum absolute atomic E-state index is 0.0253. The summed E-state index contributed by atoms with van der Waals surface area (Å²) in [5, 5.41) is 14.8. The maximum absolute atomic E-state index is 10.9. The zero-order valence-corrected chi connectivity index (χ0v) is 10.7. The largest absolute Gasteiger partial charge is 0.490 e. The summed E-state index contributed by atoms with van der Waals surface area (Å²) in [5.41, 5.74) is 8.62. The molecule has 0 saturated carbocycles. The first-order valence-corrected chi connectivity index (χ1v) is 5.29. The van der Waals surface area contributed by atoms with Gasteiger partial charge < -0.3 is 10.5 Å². The number of nitro benzene ring substituents is 1. The summed E-state index contributed by atoms with van der Waals surface area (Å²) in [7, 11) is 1.37. The van der Waals surface area contributed by atoms with Crippen LogP contribution in [0.1, 0.15) is 12.5 Å². The van der Waals surface area contributed by atoms with Crippen LogP contribution < -0.4 is 15.9 Å². The van der Waals surface area contributed by atoms with Gasteiger partial charge in [-0.2, -0.15) is 5.10 Å². The quantitative estimate of drug-likeness (QED) is 0.367. The first kappa shape index (κ1) is 13.8. The lowest BCUT2D eigenvalue weighted by Gasteiger charge is -2.05. The Bertz CT molecular complexity index is 516. The Morgan fingerprint density at radius 3 is 2.78 bits per heavy atom. The Kier molecular flexibility index (Phi) is 4.55. The molecule has 96 valence electrons. The Hall–Kier alpha value is -2.22. The van der Waals surface area contributed by atoms with E-state index in [9.17, 15) is 10.1 Å². The van der Waals surface area contributed by atoms with Crippen LogP contribution in [0.4, 0.5) is 5.69 Å². The second-order valence-corrected chi connectivity index (χ2v) is 3.76. The molecule has 0 spiro atoms. The minimum atomic E-state index is -0.517. The van der Waals surface area contributed by atoms with Crippen molar-refractivity contribution in [2.24, 2.45) is 10.8 Å². The van der Waals surface area contributed by atoms with E-state index in [0.29, 0.717) is 11.3 Å². The number of hydrogen-bond acceptors (Lipinski definition) is 5. The summed E-state index contributed by atoms with van der Waals surface area (Å²) in [6.07, 6.45) is 0. The average molecular weight is 268 g/mol. The smallest absolute Gasteiger partial charge is 0.311 e. The van der Waals surface area contributed by atoms with E-state index >= 15 is 0 Å². The van der Waals surface area contributed by atoms with Gasteiger partial charge >= 0.3 is 5.69 Å². The lowest BCUT2D eigenvalue weighted by molar-refractivity contribution is -0.385. The third-order valence-corrected chi connectivity index (χ3v) is 2.22. The molecule has 0 unspecified atom stereocenters. The SMILES string of the molecule is COc1ccc(C(C)=NNC(N)=S)cc1[N+](=O)[O-]. The molecule has 0 radical (unpaired) electrons. The van der Waals surface area contributed by atoms with Crippen molar-refractivity contribution in [3.05, 3.63) is 33.9 Å². The lowest BCUT2D eigenvalue weighted by atomic mass is 10.1. The molecule has 18 heavy (non-hydrogen) atoms. The van der Waals surface area contributed by atoms with Crippen molar-refractivity contribution in [3.63, 3.8) is 0 Å². The third kappa shape index (κ3) is 3.39. The maximum atomic E-state index is 10.9. The number of thiocarbonyl (C=S) groups is 1. The molecule has 0 atom stereocenters. The van der Waals surface area contributed by atoms with Crippen LogP contribution in [0.25, 0.3) is 0 Å². The van der Waals surface area contributed by atoms with Crippen LogP contribution in [0, 0.1) is 10.1 Å². The fourth-order valence-electron chi connectivity index (χ4n) is 1.26. The lowest BCUT2D eigenvalue weighted by Crippen LogP contribution is -2.25. The first-order chi connectivity index (χ1) is 8.45. The van der Waals surface area contributed by atoms with E-state index in [0.717, 1.165) is 0 Å². The van der Waals surface area contributed by atoms with Gasteiger partial charge in [0.25, 0.3) is 0 Å². The number of hydrazone groups is 1. The van der Waals surface area contributed by atoms with E-state index in [2.05, 4.69) is 22.7 Å².